The molecule has 0 aliphatic carbocycles. The van der Waals surface area contributed by atoms with Crippen molar-refractivity contribution in [2.75, 3.05) is 7.11 Å². The maximum absolute atomic E-state index is 11.1. The third-order valence-electron chi connectivity index (χ3n) is 2.76. The van der Waals surface area contributed by atoms with Gasteiger partial charge in [-0.05, 0) is 17.7 Å². The Bertz CT molecular complexity index is 588. The normalized spacial score (nSPS) is 10.4. The number of hydrogen-bond donors (Lipinski definition) is 0. The maximum atomic E-state index is 11.1. The molecule has 0 spiro atoms. The minimum atomic E-state index is -0.386. The number of ether oxygens (including phenoxy) is 2. The summed E-state index contributed by atoms with van der Waals surface area (Å²) in [6.07, 6.45) is 3.07. The van der Waals surface area contributed by atoms with Crippen LogP contribution in [0.5, 0.6) is 5.75 Å². The molecule has 0 aliphatic heterocycles. The van der Waals surface area contributed by atoms with E-state index in [9.17, 15) is 4.79 Å². The average molecular weight is 268 g/mol. The Hall–Kier alpha value is -2.55. The molecule has 2 rings (SSSR count). The number of carbonyl (C=O) groups excluding carboxylic acids is 1. The molecule has 0 bridgehead atoms. The van der Waals surface area contributed by atoms with Crippen LogP contribution in [0.15, 0.2) is 60.7 Å². The van der Waals surface area contributed by atoms with Crippen molar-refractivity contribution in [2.45, 2.75) is 6.61 Å². The van der Waals surface area contributed by atoms with Crippen LogP contribution in [0.1, 0.15) is 11.1 Å². The van der Waals surface area contributed by atoms with Gasteiger partial charge in [0, 0.05) is 11.6 Å². The molecule has 0 N–H and O–H groups in total. The fraction of sp³-hybridized carbons (Fsp3) is 0.118. The highest BCUT2D eigenvalue weighted by molar-refractivity contribution is 5.87. The lowest BCUT2D eigenvalue weighted by Gasteiger charge is -2.09. The summed E-state index contributed by atoms with van der Waals surface area (Å²) >= 11 is 0. The Morgan fingerprint density at radius 3 is 2.50 bits per heavy atom. The van der Waals surface area contributed by atoms with Gasteiger partial charge in [0.1, 0.15) is 12.4 Å². The van der Waals surface area contributed by atoms with Gasteiger partial charge in [0.15, 0.2) is 0 Å². The lowest BCUT2D eigenvalue weighted by atomic mass is 10.2. The molecule has 0 atom stereocenters. The van der Waals surface area contributed by atoms with E-state index in [2.05, 4.69) is 4.74 Å². The molecule has 0 aliphatic rings. The Labute approximate surface area is 118 Å². The minimum Gasteiger partial charge on any atom is -0.488 e. The van der Waals surface area contributed by atoms with Gasteiger partial charge in [0.25, 0.3) is 0 Å². The first-order valence-corrected chi connectivity index (χ1v) is 6.31. The zero-order chi connectivity index (χ0) is 14.2. The lowest BCUT2D eigenvalue weighted by molar-refractivity contribution is -0.134. The number of benzene rings is 2. The van der Waals surface area contributed by atoms with Crippen LogP contribution in [0.3, 0.4) is 0 Å². The highest BCUT2D eigenvalue weighted by Crippen LogP contribution is 2.20. The molecule has 20 heavy (non-hydrogen) atoms. The second kappa shape index (κ2) is 7.14. The van der Waals surface area contributed by atoms with Crippen LogP contribution in [-0.4, -0.2) is 13.1 Å². The minimum absolute atomic E-state index is 0.386. The molecule has 3 heteroatoms. The van der Waals surface area contributed by atoms with E-state index in [1.54, 1.807) is 6.08 Å². The van der Waals surface area contributed by atoms with Crippen LogP contribution in [0, 0.1) is 0 Å². The molecule has 102 valence electrons. The topological polar surface area (TPSA) is 35.5 Å². The van der Waals surface area contributed by atoms with Gasteiger partial charge in [0.05, 0.1) is 7.11 Å². The number of rotatable bonds is 5. The Balaban J connectivity index is 2.08. The third kappa shape index (κ3) is 3.99. The van der Waals surface area contributed by atoms with Gasteiger partial charge in [-0.2, -0.15) is 0 Å². The highest BCUT2D eigenvalue weighted by Gasteiger charge is 2.01. The highest BCUT2D eigenvalue weighted by atomic mass is 16.5. The van der Waals surface area contributed by atoms with Gasteiger partial charge in [-0.25, -0.2) is 4.79 Å². The predicted molar refractivity (Wildman–Crippen MR) is 78.3 cm³/mol. The standard InChI is InChI=1S/C17H16O3/c1-19-17(18)12-11-15-9-5-6-10-16(15)20-13-14-7-3-2-4-8-14/h2-12H,13H2,1H3. The van der Waals surface area contributed by atoms with Crippen LogP contribution in [0.25, 0.3) is 6.08 Å². The van der Waals surface area contributed by atoms with Gasteiger partial charge >= 0.3 is 5.97 Å². The summed E-state index contributed by atoms with van der Waals surface area (Å²) in [4.78, 5) is 11.1. The summed E-state index contributed by atoms with van der Waals surface area (Å²) < 4.78 is 10.4. The van der Waals surface area contributed by atoms with Gasteiger partial charge in [-0.1, -0.05) is 48.5 Å². The molecule has 0 amide bonds. The predicted octanol–water partition coefficient (Wildman–Crippen LogP) is 3.45. The molecule has 0 unspecified atom stereocenters. The monoisotopic (exact) mass is 268 g/mol. The molecular formula is C17H16O3. The van der Waals surface area contributed by atoms with E-state index in [4.69, 9.17) is 4.74 Å². The van der Waals surface area contributed by atoms with Crippen molar-refractivity contribution in [1.82, 2.24) is 0 Å². The summed E-state index contributed by atoms with van der Waals surface area (Å²) in [7, 11) is 1.35. The van der Waals surface area contributed by atoms with E-state index in [1.807, 2.05) is 54.6 Å². The summed E-state index contributed by atoms with van der Waals surface area (Å²) in [6.45, 7) is 0.490. The van der Waals surface area contributed by atoms with Gasteiger partial charge in [-0.15, -0.1) is 0 Å². The smallest absolute Gasteiger partial charge is 0.330 e. The van der Waals surface area contributed by atoms with Crippen molar-refractivity contribution in [3.05, 3.63) is 71.8 Å². The Kier molecular flexibility index (Phi) is 4.95. The molecule has 0 heterocycles. The van der Waals surface area contributed by atoms with Crippen molar-refractivity contribution < 1.29 is 14.3 Å². The molecular weight excluding hydrogens is 252 g/mol. The quantitative estimate of drug-likeness (QED) is 0.615. The zero-order valence-corrected chi connectivity index (χ0v) is 11.3. The largest absolute Gasteiger partial charge is 0.488 e. The number of carbonyl (C=O) groups is 1. The van der Waals surface area contributed by atoms with Crippen molar-refractivity contribution in [3.63, 3.8) is 0 Å². The van der Waals surface area contributed by atoms with E-state index in [0.29, 0.717) is 6.61 Å². The first kappa shape index (κ1) is 13.9. The molecule has 0 saturated carbocycles. The second-order valence-corrected chi connectivity index (χ2v) is 4.17. The first-order valence-electron chi connectivity index (χ1n) is 6.31. The second-order valence-electron chi connectivity index (χ2n) is 4.17. The zero-order valence-electron chi connectivity index (χ0n) is 11.3. The van der Waals surface area contributed by atoms with Crippen LogP contribution in [0.2, 0.25) is 0 Å². The lowest BCUT2D eigenvalue weighted by Crippen LogP contribution is -1.97. The molecule has 3 nitrogen and oxygen atoms in total. The summed E-state index contributed by atoms with van der Waals surface area (Å²) in [5.74, 6) is 0.347. The van der Waals surface area contributed by atoms with Gasteiger partial charge < -0.3 is 9.47 Å². The Morgan fingerprint density at radius 1 is 1.05 bits per heavy atom. The molecule has 0 saturated heterocycles. The number of hydrogen-bond acceptors (Lipinski definition) is 3. The van der Waals surface area contributed by atoms with Gasteiger partial charge in [-0.3, -0.25) is 0 Å². The summed E-state index contributed by atoms with van der Waals surface area (Å²) in [5.41, 5.74) is 1.94. The average Bonchev–Trinajstić information content (AvgIpc) is 2.52. The number of esters is 1. The summed E-state index contributed by atoms with van der Waals surface area (Å²) in [6, 6.07) is 17.5. The number of para-hydroxylation sites is 1. The van der Waals surface area contributed by atoms with Crippen LogP contribution >= 0.6 is 0 Å². The van der Waals surface area contributed by atoms with E-state index in [-0.39, 0.29) is 5.97 Å². The summed E-state index contributed by atoms with van der Waals surface area (Å²) in [5, 5.41) is 0. The fourth-order valence-electron chi connectivity index (χ4n) is 1.71. The van der Waals surface area contributed by atoms with Crippen molar-refractivity contribution in [2.24, 2.45) is 0 Å². The molecule has 2 aromatic carbocycles. The van der Waals surface area contributed by atoms with E-state index >= 15 is 0 Å². The van der Waals surface area contributed by atoms with Crippen LogP contribution < -0.4 is 4.74 Å². The van der Waals surface area contributed by atoms with E-state index in [1.165, 1.54) is 13.2 Å². The van der Waals surface area contributed by atoms with Crippen molar-refractivity contribution in [1.29, 1.82) is 0 Å². The van der Waals surface area contributed by atoms with E-state index in [0.717, 1.165) is 16.9 Å². The van der Waals surface area contributed by atoms with Crippen molar-refractivity contribution >= 4 is 12.0 Å². The Morgan fingerprint density at radius 2 is 1.75 bits per heavy atom. The van der Waals surface area contributed by atoms with Crippen molar-refractivity contribution in [3.8, 4) is 5.75 Å². The molecule has 0 fully saturated rings. The SMILES string of the molecule is COC(=O)C=Cc1ccccc1OCc1ccccc1. The van der Waals surface area contributed by atoms with E-state index < -0.39 is 0 Å². The maximum Gasteiger partial charge on any atom is 0.330 e. The molecule has 0 radical (unpaired) electrons. The molecule has 2 aromatic rings. The fourth-order valence-corrected chi connectivity index (χ4v) is 1.71. The first-order chi connectivity index (χ1) is 9.79. The van der Waals surface area contributed by atoms with Gasteiger partial charge in [0.2, 0.25) is 0 Å². The number of methoxy groups -OCH3 is 1. The van der Waals surface area contributed by atoms with Crippen LogP contribution in [0.4, 0.5) is 0 Å². The molecule has 0 aromatic heterocycles. The third-order valence-corrected chi connectivity index (χ3v) is 2.76. The van der Waals surface area contributed by atoms with Crippen LogP contribution in [-0.2, 0) is 16.1 Å².